The monoisotopic (exact) mass is 306 g/mol. The highest BCUT2D eigenvalue weighted by Gasteiger charge is 2.28. The molecule has 3 heterocycles. The van der Waals surface area contributed by atoms with Crippen molar-refractivity contribution in [2.45, 2.75) is 39.3 Å². The normalized spacial score (nSPS) is 22.7. The van der Waals surface area contributed by atoms with Crippen molar-refractivity contribution in [2.75, 3.05) is 29.9 Å². The Labute approximate surface area is 129 Å². The molecule has 0 spiro atoms. The third-order valence-corrected chi connectivity index (χ3v) is 4.66. The summed E-state index contributed by atoms with van der Waals surface area (Å²) in [5.74, 6) is 1.76. The molecule has 3 rings (SSSR count). The summed E-state index contributed by atoms with van der Waals surface area (Å²) in [6.07, 6.45) is 1.29. The highest BCUT2D eigenvalue weighted by molar-refractivity contribution is 7.16. The zero-order chi connectivity index (χ0) is 14.8. The lowest BCUT2D eigenvalue weighted by molar-refractivity contribution is 0.0297. The summed E-state index contributed by atoms with van der Waals surface area (Å²) >= 11 is 1.67. The number of thiophene rings is 1. The van der Waals surface area contributed by atoms with E-state index in [0.29, 0.717) is 6.04 Å². The van der Waals surface area contributed by atoms with E-state index in [4.69, 9.17) is 9.72 Å². The third kappa shape index (κ3) is 2.82. The standard InChI is InChI=1S/C15H22N4OS/c1-4-11-9-20-10(3)8-19(11)13-12-6-7-21-14(12)18-15(17-13)16-5-2/h6-7,10-11H,4-5,8-9H2,1-3H3,(H,16,17,18). The zero-order valence-electron chi connectivity index (χ0n) is 12.8. The minimum absolute atomic E-state index is 0.235. The lowest BCUT2D eigenvalue weighted by Crippen LogP contribution is -2.49. The zero-order valence-corrected chi connectivity index (χ0v) is 13.6. The maximum absolute atomic E-state index is 5.81. The van der Waals surface area contributed by atoms with Crippen LogP contribution >= 0.6 is 11.3 Å². The van der Waals surface area contributed by atoms with Gasteiger partial charge in [0, 0.05) is 13.1 Å². The molecule has 1 aliphatic heterocycles. The van der Waals surface area contributed by atoms with Crippen LogP contribution in [0.15, 0.2) is 11.4 Å². The van der Waals surface area contributed by atoms with E-state index < -0.39 is 0 Å². The summed E-state index contributed by atoms with van der Waals surface area (Å²) in [6.45, 7) is 8.86. The first kappa shape index (κ1) is 14.5. The van der Waals surface area contributed by atoms with Crippen LogP contribution in [0.4, 0.5) is 11.8 Å². The van der Waals surface area contributed by atoms with Crippen LogP contribution in [0.5, 0.6) is 0 Å². The second-order valence-corrected chi connectivity index (χ2v) is 6.29. The van der Waals surface area contributed by atoms with Crippen molar-refractivity contribution in [3.8, 4) is 0 Å². The van der Waals surface area contributed by atoms with E-state index in [-0.39, 0.29) is 6.10 Å². The SMILES string of the molecule is CCNc1nc(N2CC(C)OCC2CC)c2ccsc2n1. The van der Waals surface area contributed by atoms with Crippen molar-refractivity contribution in [3.63, 3.8) is 0 Å². The Hall–Kier alpha value is -1.40. The first-order valence-electron chi connectivity index (χ1n) is 7.60. The Morgan fingerprint density at radius 1 is 1.43 bits per heavy atom. The van der Waals surface area contributed by atoms with Crippen molar-refractivity contribution < 1.29 is 4.74 Å². The van der Waals surface area contributed by atoms with E-state index in [1.165, 1.54) is 0 Å². The van der Waals surface area contributed by atoms with E-state index in [0.717, 1.165) is 48.1 Å². The molecular weight excluding hydrogens is 284 g/mol. The van der Waals surface area contributed by atoms with Gasteiger partial charge < -0.3 is 15.0 Å². The molecule has 0 amide bonds. The maximum atomic E-state index is 5.81. The molecule has 1 aliphatic rings. The van der Waals surface area contributed by atoms with Gasteiger partial charge in [-0.15, -0.1) is 11.3 Å². The van der Waals surface area contributed by atoms with Gasteiger partial charge in [-0.1, -0.05) is 6.92 Å². The molecular formula is C15H22N4OS. The summed E-state index contributed by atoms with van der Waals surface area (Å²) in [5.41, 5.74) is 0. The van der Waals surface area contributed by atoms with E-state index in [1.54, 1.807) is 11.3 Å². The van der Waals surface area contributed by atoms with E-state index >= 15 is 0 Å². The lowest BCUT2D eigenvalue weighted by Gasteiger charge is -2.39. The largest absolute Gasteiger partial charge is 0.375 e. The number of rotatable bonds is 4. The van der Waals surface area contributed by atoms with Crippen molar-refractivity contribution in [2.24, 2.45) is 0 Å². The Balaban J connectivity index is 2.05. The van der Waals surface area contributed by atoms with Gasteiger partial charge in [0.1, 0.15) is 10.6 Å². The first-order valence-corrected chi connectivity index (χ1v) is 8.48. The molecule has 1 N–H and O–H groups in total. The third-order valence-electron chi connectivity index (χ3n) is 3.85. The van der Waals surface area contributed by atoms with E-state index in [1.807, 2.05) is 0 Å². The van der Waals surface area contributed by atoms with Crippen LogP contribution in [0.3, 0.4) is 0 Å². The Bertz CT molecular complexity index is 615. The van der Waals surface area contributed by atoms with Gasteiger partial charge in [0.15, 0.2) is 0 Å². The Morgan fingerprint density at radius 3 is 3.05 bits per heavy atom. The number of nitrogens with one attached hydrogen (secondary N) is 1. The highest BCUT2D eigenvalue weighted by Crippen LogP contribution is 2.32. The van der Waals surface area contributed by atoms with Gasteiger partial charge >= 0.3 is 0 Å². The fourth-order valence-electron chi connectivity index (χ4n) is 2.74. The molecule has 21 heavy (non-hydrogen) atoms. The molecule has 2 aromatic heterocycles. The summed E-state index contributed by atoms with van der Waals surface area (Å²) in [4.78, 5) is 12.8. The number of anilines is 2. The van der Waals surface area contributed by atoms with Gasteiger partial charge in [-0.3, -0.25) is 0 Å². The number of aromatic nitrogens is 2. The van der Waals surface area contributed by atoms with Crippen molar-refractivity contribution in [3.05, 3.63) is 11.4 Å². The summed E-state index contributed by atoms with van der Waals surface area (Å²) in [5, 5.41) is 6.47. The lowest BCUT2D eigenvalue weighted by atomic mass is 10.1. The average Bonchev–Trinajstić information content (AvgIpc) is 2.95. The Morgan fingerprint density at radius 2 is 2.29 bits per heavy atom. The number of nitrogens with zero attached hydrogens (tertiary/aromatic N) is 3. The summed E-state index contributed by atoms with van der Waals surface area (Å²) in [7, 11) is 0. The molecule has 0 aromatic carbocycles. The fourth-order valence-corrected chi connectivity index (χ4v) is 3.50. The second-order valence-electron chi connectivity index (χ2n) is 5.40. The molecule has 0 saturated carbocycles. The van der Waals surface area contributed by atoms with Gasteiger partial charge in [0.2, 0.25) is 5.95 Å². The van der Waals surface area contributed by atoms with Crippen LogP contribution in [-0.4, -0.2) is 41.8 Å². The van der Waals surface area contributed by atoms with Crippen LogP contribution < -0.4 is 10.2 Å². The van der Waals surface area contributed by atoms with Gasteiger partial charge in [0.05, 0.1) is 24.1 Å². The Kier molecular flexibility index (Phi) is 4.26. The van der Waals surface area contributed by atoms with E-state index in [2.05, 4.69) is 47.4 Å². The van der Waals surface area contributed by atoms with Crippen molar-refractivity contribution >= 4 is 33.3 Å². The summed E-state index contributed by atoms with van der Waals surface area (Å²) in [6, 6.07) is 2.51. The molecule has 5 nitrogen and oxygen atoms in total. The molecule has 2 atom stereocenters. The quantitative estimate of drug-likeness (QED) is 0.940. The minimum atomic E-state index is 0.235. The predicted octanol–water partition coefficient (Wildman–Crippen LogP) is 3.13. The topological polar surface area (TPSA) is 50.3 Å². The molecule has 1 saturated heterocycles. The van der Waals surface area contributed by atoms with Crippen molar-refractivity contribution in [1.29, 1.82) is 0 Å². The number of fused-ring (bicyclic) bond motifs is 1. The van der Waals surface area contributed by atoms with Crippen LogP contribution in [0.25, 0.3) is 10.2 Å². The predicted molar refractivity (Wildman–Crippen MR) is 88.4 cm³/mol. The molecule has 0 aliphatic carbocycles. The fraction of sp³-hybridized carbons (Fsp3) is 0.600. The highest BCUT2D eigenvalue weighted by atomic mass is 32.1. The number of hydrogen-bond donors (Lipinski definition) is 1. The van der Waals surface area contributed by atoms with Crippen LogP contribution in [0, 0.1) is 0 Å². The molecule has 6 heteroatoms. The van der Waals surface area contributed by atoms with Gasteiger partial charge in [-0.25, -0.2) is 4.98 Å². The maximum Gasteiger partial charge on any atom is 0.226 e. The number of hydrogen-bond acceptors (Lipinski definition) is 6. The van der Waals surface area contributed by atoms with Crippen LogP contribution in [0.1, 0.15) is 27.2 Å². The average molecular weight is 306 g/mol. The van der Waals surface area contributed by atoms with Gasteiger partial charge in [0.25, 0.3) is 0 Å². The molecule has 0 radical (unpaired) electrons. The molecule has 0 bridgehead atoms. The van der Waals surface area contributed by atoms with Crippen molar-refractivity contribution in [1.82, 2.24) is 9.97 Å². The minimum Gasteiger partial charge on any atom is -0.375 e. The first-order chi connectivity index (χ1) is 10.2. The van der Waals surface area contributed by atoms with E-state index in [9.17, 15) is 0 Å². The molecule has 2 aromatic rings. The second kappa shape index (κ2) is 6.15. The summed E-state index contributed by atoms with van der Waals surface area (Å²) < 4.78 is 5.81. The van der Waals surface area contributed by atoms with Crippen LogP contribution in [0.2, 0.25) is 0 Å². The number of morpholine rings is 1. The van der Waals surface area contributed by atoms with Gasteiger partial charge in [-0.05, 0) is 31.7 Å². The molecule has 1 fully saturated rings. The van der Waals surface area contributed by atoms with Crippen LogP contribution in [-0.2, 0) is 4.74 Å². The molecule has 2 unspecified atom stereocenters. The molecule has 114 valence electrons. The van der Waals surface area contributed by atoms with Gasteiger partial charge in [-0.2, -0.15) is 4.98 Å². The smallest absolute Gasteiger partial charge is 0.226 e. The number of ether oxygens (including phenoxy) is 1.